The highest BCUT2D eigenvalue weighted by atomic mass is 79.9. The van der Waals surface area contributed by atoms with Gasteiger partial charge in [0.1, 0.15) is 5.75 Å². The van der Waals surface area contributed by atoms with Crippen molar-refractivity contribution in [2.45, 2.75) is 13.8 Å². The molecule has 0 aliphatic carbocycles. The van der Waals surface area contributed by atoms with Crippen LogP contribution in [0, 0.1) is 13.8 Å². The Morgan fingerprint density at radius 2 is 1.76 bits per heavy atom. The normalized spacial score (nSPS) is 10.2. The third-order valence-electron chi connectivity index (χ3n) is 3.01. The Labute approximate surface area is 132 Å². The number of hydrogen-bond donors (Lipinski definition) is 2. The molecule has 0 radical (unpaired) electrons. The second-order valence-corrected chi connectivity index (χ2v) is 5.74. The molecule has 0 atom stereocenters. The first kappa shape index (κ1) is 15.4. The second kappa shape index (κ2) is 6.63. The fourth-order valence-corrected chi connectivity index (χ4v) is 2.68. The van der Waals surface area contributed by atoms with E-state index in [1.54, 1.807) is 24.3 Å². The summed E-state index contributed by atoms with van der Waals surface area (Å²) in [6.45, 7) is 3.86. The van der Waals surface area contributed by atoms with Gasteiger partial charge in [-0.25, -0.2) is 0 Å². The molecule has 4 nitrogen and oxygen atoms in total. The highest BCUT2D eigenvalue weighted by molar-refractivity contribution is 9.10. The molecular formula is C16H17BrN2O2. The number of nitrogens with one attached hydrogen (secondary N) is 1. The first-order chi connectivity index (χ1) is 9.95. The minimum Gasteiger partial charge on any atom is -0.484 e. The number of rotatable bonds is 4. The molecule has 2 aromatic carbocycles. The quantitative estimate of drug-likeness (QED) is 0.828. The smallest absolute Gasteiger partial charge is 0.262 e. The fraction of sp³-hybridized carbons (Fsp3) is 0.188. The molecule has 1 amide bonds. The van der Waals surface area contributed by atoms with Gasteiger partial charge in [0.2, 0.25) is 0 Å². The average molecular weight is 349 g/mol. The largest absolute Gasteiger partial charge is 0.484 e. The van der Waals surface area contributed by atoms with E-state index >= 15 is 0 Å². The van der Waals surface area contributed by atoms with Crippen LogP contribution in [0.4, 0.5) is 11.4 Å². The molecule has 110 valence electrons. The van der Waals surface area contributed by atoms with Gasteiger partial charge in [0.25, 0.3) is 5.91 Å². The SMILES string of the molecule is Cc1cc(Br)cc(C)c1NC(=O)COc1ccc(N)cc1. The predicted octanol–water partition coefficient (Wildman–Crippen LogP) is 3.67. The van der Waals surface area contributed by atoms with Crippen LogP contribution in [-0.4, -0.2) is 12.5 Å². The average Bonchev–Trinajstić information content (AvgIpc) is 2.42. The maximum Gasteiger partial charge on any atom is 0.262 e. The topological polar surface area (TPSA) is 64.3 Å². The second-order valence-electron chi connectivity index (χ2n) is 4.82. The monoisotopic (exact) mass is 348 g/mol. The van der Waals surface area contributed by atoms with Crippen molar-refractivity contribution in [3.63, 3.8) is 0 Å². The number of ether oxygens (including phenoxy) is 1. The van der Waals surface area contributed by atoms with E-state index in [9.17, 15) is 4.79 Å². The molecule has 2 rings (SSSR count). The van der Waals surface area contributed by atoms with Gasteiger partial charge < -0.3 is 15.8 Å². The number of nitrogens with two attached hydrogens (primary N) is 1. The summed E-state index contributed by atoms with van der Waals surface area (Å²) in [4.78, 5) is 12.0. The van der Waals surface area contributed by atoms with Crippen LogP contribution < -0.4 is 15.8 Å². The van der Waals surface area contributed by atoms with Gasteiger partial charge in [0.15, 0.2) is 6.61 Å². The maximum atomic E-state index is 12.0. The summed E-state index contributed by atoms with van der Waals surface area (Å²) in [5.74, 6) is 0.420. The Kier molecular flexibility index (Phi) is 4.85. The van der Waals surface area contributed by atoms with Gasteiger partial charge in [0, 0.05) is 15.8 Å². The van der Waals surface area contributed by atoms with E-state index in [2.05, 4.69) is 21.2 Å². The summed E-state index contributed by atoms with van der Waals surface area (Å²) >= 11 is 3.43. The first-order valence-corrected chi connectivity index (χ1v) is 7.30. The maximum absolute atomic E-state index is 12.0. The van der Waals surface area contributed by atoms with E-state index in [0.717, 1.165) is 21.3 Å². The van der Waals surface area contributed by atoms with Crippen molar-refractivity contribution in [1.29, 1.82) is 0 Å². The number of carbonyl (C=O) groups is 1. The Morgan fingerprint density at radius 3 is 2.33 bits per heavy atom. The van der Waals surface area contributed by atoms with Crippen LogP contribution in [0.5, 0.6) is 5.75 Å². The van der Waals surface area contributed by atoms with Crippen molar-refractivity contribution < 1.29 is 9.53 Å². The summed E-state index contributed by atoms with van der Waals surface area (Å²) in [6.07, 6.45) is 0. The minimum absolute atomic E-state index is 0.0428. The van der Waals surface area contributed by atoms with E-state index in [0.29, 0.717) is 11.4 Å². The zero-order valence-corrected chi connectivity index (χ0v) is 13.5. The van der Waals surface area contributed by atoms with Gasteiger partial charge in [-0.3, -0.25) is 4.79 Å². The van der Waals surface area contributed by atoms with E-state index < -0.39 is 0 Å². The zero-order valence-electron chi connectivity index (χ0n) is 11.9. The summed E-state index contributed by atoms with van der Waals surface area (Å²) in [7, 11) is 0. The molecule has 0 fully saturated rings. The summed E-state index contributed by atoms with van der Waals surface area (Å²) < 4.78 is 6.42. The van der Waals surface area contributed by atoms with Crippen molar-refractivity contribution in [3.05, 3.63) is 52.0 Å². The molecule has 2 aromatic rings. The van der Waals surface area contributed by atoms with Crippen LogP contribution in [0.15, 0.2) is 40.9 Å². The first-order valence-electron chi connectivity index (χ1n) is 6.50. The van der Waals surface area contributed by atoms with Crippen molar-refractivity contribution in [2.75, 3.05) is 17.7 Å². The van der Waals surface area contributed by atoms with Gasteiger partial charge in [0.05, 0.1) is 0 Å². The number of carbonyl (C=O) groups excluding carboxylic acids is 1. The van der Waals surface area contributed by atoms with E-state index in [1.165, 1.54) is 0 Å². The number of nitrogen functional groups attached to an aromatic ring is 1. The standard InChI is InChI=1S/C16H17BrN2O2/c1-10-7-12(17)8-11(2)16(10)19-15(20)9-21-14-5-3-13(18)4-6-14/h3-8H,9,18H2,1-2H3,(H,19,20). The minimum atomic E-state index is -0.194. The molecule has 0 heterocycles. The molecule has 0 aromatic heterocycles. The van der Waals surface area contributed by atoms with Crippen molar-refractivity contribution in [3.8, 4) is 5.75 Å². The highest BCUT2D eigenvalue weighted by Gasteiger charge is 2.09. The highest BCUT2D eigenvalue weighted by Crippen LogP contribution is 2.25. The third kappa shape index (κ3) is 4.23. The zero-order chi connectivity index (χ0) is 15.4. The van der Waals surface area contributed by atoms with Crippen molar-refractivity contribution in [2.24, 2.45) is 0 Å². The van der Waals surface area contributed by atoms with E-state index in [4.69, 9.17) is 10.5 Å². The summed E-state index contributed by atoms with van der Waals surface area (Å²) in [5.41, 5.74) is 9.08. The molecule has 0 unspecified atom stereocenters. The van der Waals surface area contributed by atoms with Gasteiger partial charge in [-0.15, -0.1) is 0 Å². The Balaban J connectivity index is 1.97. The molecule has 21 heavy (non-hydrogen) atoms. The van der Waals surface area contributed by atoms with Gasteiger partial charge in [-0.05, 0) is 61.4 Å². The Hall–Kier alpha value is -2.01. The van der Waals surface area contributed by atoms with Crippen LogP contribution in [0.2, 0.25) is 0 Å². The molecule has 3 N–H and O–H groups in total. The molecule has 0 aliphatic heterocycles. The van der Waals surface area contributed by atoms with Gasteiger partial charge in [-0.1, -0.05) is 15.9 Å². The lowest BCUT2D eigenvalue weighted by Gasteiger charge is -2.13. The molecule has 0 spiro atoms. The van der Waals surface area contributed by atoms with Gasteiger partial charge in [-0.2, -0.15) is 0 Å². The molecule has 0 saturated carbocycles. The van der Waals surface area contributed by atoms with Crippen molar-refractivity contribution >= 4 is 33.2 Å². The van der Waals surface area contributed by atoms with Crippen LogP contribution in [0.1, 0.15) is 11.1 Å². The van der Waals surface area contributed by atoms with Crippen LogP contribution in [0.3, 0.4) is 0 Å². The molecule has 0 aliphatic rings. The Bertz CT molecular complexity index is 631. The lowest BCUT2D eigenvalue weighted by molar-refractivity contribution is -0.118. The number of anilines is 2. The van der Waals surface area contributed by atoms with Crippen LogP contribution in [0.25, 0.3) is 0 Å². The number of hydrogen-bond acceptors (Lipinski definition) is 3. The van der Waals surface area contributed by atoms with E-state index in [-0.39, 0.29) is 12.5 Å². The summed E-state index contributed by atoms with van der Waals surface area (Å²) in [6, 6.07) is 10.9. The lowest BCUT2D eigenvalue weighted by atomic mass is 10.1. The number of benzene rings is 2. The lowest BCUT2D eigenvalue weighted by Crippen LogP contribution is -2.21. The Morgan fingerprint density at radius 1 is 1.19 bits per heavy atom. The predicted molar refractivity (Wildman–Crippen MR) is 88.6 cm³/mol. The van der Waals surface area contributed by atoms with E-state index in [1.807, 2.05) is 26.0 Å². The third-order valence-corrected chi connectivity index (χ3v) is 3.47. The number of aryl methyl sites for hydroxylation is 2. The molecule has 0 saturated heterocycles. The molecule has 5 heteroatoms. The number of halogens is 1. The van der Waals surface area contributed by atoms with Gasteiger partial charge >= 0.3 is 0 Å². The van der Waals surface area contributed by atoms with Crippen LogP contribution in [-0.2, 0) is 4.79 Å². The summed E-state index contributed by atoms with van der Waals surface area (Å²) in [5, 5.41) is 2.88. The number of amides is 1. The molecular weight excluding hydrogens is 332 g/mol. The fourth-order valence-electron chi connectivity index (χ4n) is 2.00. The van der Waals surface area contributed by atoms with Crippen LogP contribution >= 0.6 is 15.9 Å². The molecule has 0 bridgehead atoms. The van der Waals surface area contributed by atoms with Crippen molar-refractivity contribution in [1.82, 2.24) is 0 Å².